The smallest absolute Gasteiger partial charge is 0.233 e. The average molecular weight is 374 g/mol. The number of H-pyrrole nitrogens is 1. The van der Waals surface area contributed by atoms with Crippen LogP contribution in [0.2, 0.25) is 0 Å². The van der Waals surface area contributed by atoms with E-state index in [2.05, 4.69) is 20.8 Å². The second-order valence-electron chi connectivity index (χ2n) is 7.35. The molecule has 27 heavy (non-hydrogen) atoms. The quantitative estimate of drug-likeness (QED) is 0.566. The number of nitriles is 1. The monoisotopic (exact) mass is 374 g/mol. The Hall–Kier alpha value is -2.89. The van der Waals surface area contributed by atoms with Crippen molar-refractivity contribution in [1.82, 2.24) is 20.8 Å². The molecular formula is C18H26N6O3. The van der Waals surface area contributed by atoms with E-state index in [0.717, 1.165) is 31.5 Å². The molecule has 5 N–H and O–H groups in total. The molecule has 0 bridgehead atoms. The third-order valence-corrected chi connectivity index (χ3v) is 5.33. The summed E-state index contributed by atoms with van der Waals surface area (Å²) < 4.78 is 0. The molecule has 2 aliphatic rings. The molecule has 9 nitrogen and oxygen atoms in total. The Kier molecular flexibility index (Phi) is 6.20. The first-order chi connectivity index (χ1) is 12.7. The van der Waals surface area contributed by atoms with E-state index in [0.29, 0.717) is 18.8 Å². The molecule has 2 unspecified atom stereocenters. The predicted molar refractivity (Wildman–Crippen MR) is 98.2 cm³/mol. The maximum absolute atomic E-state index is 11.7. The number of hydrogen-bond acceptors (Lipinski definition) is 6. The van der Waals surface area contributed by atoms with Gasteiger partial charge in [0.1, 0.15) is 11.2 Å². The molecule has 9 heteroatoms. The van der Waals surface area contributed by atoms with Gasteiger partial charge in [-0.25, -0.2) is 0 Å². The first kappa shape index (κ1) is 20.4. The van der Waals surface area contributed by atoms with E-state index in [1.807, 2.05) is 6.92 Å². The molecule has 1 aromatic rings. The van der Waals surface area contributed by atoms with E-state index in [1.165, 1.54) is 0 Å². The van der Waals surface area contributed by atoms with Crippen molar-refractivity contribution in [2.75, 3.05) is 18.8 Å². The number of aromatic amines is 1. The van der Waals surface area contributed by atoms with E-state index in [1.54, 1.807) is 19.1 Å². The van der Waals surface area contributed by atoms with Crippen molar-refractivity contribution in [2.45, 2.75) is 51.4 Å². The highest BCUT2D eigenvalue weighted by atomic mass is 16.2. The SMILES string of the molecule is CC1(C(=O)CC#N)CCCNC1=O.CC1(c2cc(N)n[nH]2)CCCNC1=O. The number of nitrogens with two attached hydrogens (primary N) is 1. The van der Waals surface area contributed by atoms with E-state index in [4.69, 9.17) is 11.0 Å². The summed E-state index contributed by atoms with van der Waals surface area (Å²) in [5.74, 6) is -0.0294. The van der Waals surface area contributed by atoms with E-state index in [-0.39, 0.29) is 24.0 Å². The number of aromatic nitrogens is 2. The van der Waals surface area contributed by atoms with Crippen LogP contribution in [-0.4, -0.2) is 40.9 Å². The van der Waals surface area contributed by atoms with Gasteiger partial charge in [0.2, 0.25) is 11.8 Å². The molecule has 0 radical (unpaired) electrons. The van der Waals surface area contributed by atoms with Gasteiger partial charge >= 0.3 is 0 Å². The summed E-state index contributed by atoms with van der Waals surface area (Å²) in [5, 5.41) is 20.5. The molecule has 146 valence electrons. The average Bonchev–Trinajstić information content (AvgIpc) is 3.08. The molecule has 3 rings (SSSR count). The maximum atomic E-state index is 11.7. The number of rotatable bonds is 3. The molecular weight excluding hydrogens is 348 g/mol. The lowest BCUT2D eigenvalue weighted by Gasteiger charge is -2.31. The number of ketones is 1. The Morgan fingerprint density at radius 2 is 1.85 bits per heavy atom. The number of nitrogen functional groups attached to an aromatic ring is 1. The maximum Gasteiger partial charge on any atom is 0.233 e. The van der Waals surface area contributed by atoms with Crippen LogP contribution in [0.1, 0.15) is 51.6 Å². The molecule has 2 fully saturated rings. The number of nitrogens with zero attached hydrogens (tertiary/aromatic N) is 2. The summed E-state index contributed by atoms with van der Waals surface area (Å²) in [7, 11) is 0. The van der Waals surface area contributed by atoms with E-state index in [9.17, 15) is 14.4 Å². The Bertz CT molecular complexity index is 767. The molecule has 1 aromatic heterocycles. The van der Waals surface area contributed by atoms with Gasteiger partial charge in [-0.05, 0) is 39.5 Å². The number of hydrogen-bond donors (Lipinski definition) is 4. The molecule has 0 spiro atoms. The Morgan fingerprint density at radius 3 is 2.37 bits per heavy atom. The van der Waals surface area contributed by atoms with Gasteiger partial charge in [0.15, 0.2) is 5.78 Å². The molecule has 2 atom stereocenters. The van der Waals surface area contributed by atoms with Crippen LogP contribution in [0, 0.1) is 16.7 Å². The molecule has 2 amide bonds. The summed E-state index contributed by atoms with van der Waals surface area (Å²) in [6.45, 7) is 4.92. The van der Waals surface area contributed by atoms with Crippen LogP contribution >= 0.6 is 0 Å². The largest absolute Gasteiger partial charge is 0.382 e. The fraction of sp³-hybridized carbons (Fsp3) is 0.611. The Labute approximate surface area is 158 Å². The van der Waals surface area contributed by atoms with Crippen molar-refractivity contribution in [3.63, 3.8) is 0 Å². The van der Waals surface area contributed by atoms with Crippen LogP contribution in [-0.2, 0) is 19.8 Å². The molecule has 0 aliphatic carbocycles. The molecule has 2 aliphatic heterocycles. The Morgan fingerprint density at radius 1 is 1.22 bits per heavy atom. The molecule has 2 saturated heterocycles. The lowest BCUT2D eigenvalue weighted by molar-refractivity contribution is -0.142. The van der Waals surface area contributed by atoms with E-state index < -0.39 is 10.8 Å². The normalized spacial score (nSPS) is 27.4. The lowest BCUT2D eigenvalue weighted by Crippen LogP contribution is -2.48. The highest BCUT2D eigenvalue weighted by molar-refractivity contribution is 6.06. The number of piperidine rings is 2. The second kappa shape index (κ2) is 8.20. The van der Waals surface area contributed by atoms with Crippen LogP contribution in [0.25, 0.3) is 0 Å². The summed E-state index contributed by atoms with van der Waals surface area (Å²) in [6.07, 6.45) is 3.00. The minimum atomic E-state index is -0.964. The van der Waals surface area contributed by atoms with Gasteiger partial charge in [-0.15, -0.1) is 0 Å². The zero-order valence-corrected chi connectivity index (χ0v) is 15.7. The number of carbonyl (C=O) groups is 3. The standard InChI is InChI=1S/C9H14N4O.C9H12N2O2/c1-9(3-2-4-11-8(9)14)6-5-7(10)13-12-6;1-9(7(12)3-5-10)4-2-6-11-8(9)13/h5H,2-4H2,1H3,(H,11,14)(H3,10,12,13);2-4,6H2,1H3,(H,11,13). The fourth-order valence-corrected chi connectivity index (χ4v) is 3.31. The van der Waals surface area contributed by atoms with Crippen molar-refractivity contribution in [3.05, 3.63) is 11.8 Å². The third-order valence-electron chi connectivity index (χ3n) is 5.33. The number of nitrogens with one attached hydrogen (secondary N) is 3. The lowest BCUT2D eigenvalue weighted by atomic mass is 9.77. The zero-order valence-electron chi connectivity index (χ0n) is 15.7. The van der Waals surface area contributed by atoms with Crippen LogP contribution in [0.4, 0.5) is 5.82 Å². The van der Waals surface area contributed by atoms with Crippen LogP contribution in [0.3, 0.4) is 0 Å². The predicted octanol–water partition coefficient (Wildman–Crippen LogP) is 0.545. The summed E-state index contributed by atoms with van der Waals surface area (Å²) in [5.41, 5.74) is 4.85. The highest BCUT2D eigenvalue weighted by Gasteiger charge is 2.41. The van der Waals surface area contributed by atoms with Crippen LogP contribution in [0.15, 0.2) is 6.07 Å². The van der Waals surface area contributed by atoms with Gasteiger partial charge in [0.05, 0.1) is 23.6 Å². The summed E-state index contributed by atoms with van der Waals surface area (Å²) in [6, 6.07) is 3.51. The first-order valence-corrected chi connectivity index (χ1v) is 9.02. The van der Waals surface area contributed by atoms with Gasteiger partial charge in [-0.2, -0.15) is 10.4 Å². The first-order valence-electron chi connectivity index (χ1n) is 9.02. The third kappa shape index (κ3) is 4.27. The number of amides is 2. The van der Waals surface area contributed by atoms with Gasteiger partial charge in [-0.1, -0.05) is 0 Å². The number of anilines is 1. The van der Waals surface area contributed by atoms with Gasteiger partial charge < -0.3 is 16.4 Å². The molecule has 0 saturated carbocycles. The summed E-state index contributed by atoms with van der Waals surface area (Å²) >= 11 is 0. The molecule has 0 aromatic carbocycles. The number of Topliss-reactive ketones (excluding diaryl/α,β-unsaturated/α-hetero) is 1. The summed E-state index contributed by atoms with van der Waals surface area (Å²) in [4.78, 5) is 34.6. The Balaban J connectivity index is 0.000000194. The fourth-order valence-electron chi connectivity index (χ4n) is 3.31. The number of carbonyl (C=O) groups excluding carboxylic acids is 3. The minimum Gasteiger partial charge on any atom is -0.382 e. The van der Waals surface area contributed by atoms with Crippen molar-refractivity contribution in [2.24, 2.45) is 5.41 Å². The van der Waals surface area contributed by atoms with Crippen molar-refractivity contribution >= 4 is 23.4 Å². The van der Waals surface area contributed by atoms with Crippen molar-refractivity contribution in [3.8, 4) is 6.07 Å². The van der Waals surface area contributed by atoms with Gasteiger partial charge in [0, 0.05) is 19.2 Å². The topological polar surface area (TPSA) is 154 Å². The molecule has 3 heterocycles. The van der Waals surface area contributed by atoms with Crippen molar-refractivity contribution in [1.29, 1.82) is 5.26 Å². The van der Waals surface area contributed by atoms with Gasteiger partial charge in [0.25, 0.3) is 0 Å². The van der Waals surface area contributed by atoms with Crippen LogP contribution < -0.4 is 16.4 Å². The minimum absolute atomic E-state index is 0.0485. The zero-order chi connectivity index (χ0) is 20.1. The second-order valence-corrected chi connectivity index (χ2v) is 7.35. The van der Waals surface area contributed by atoms with E-state index >= 15 is 0 Å². The van der Waals surface area contributed by atoms with Crippen molar-refractivity contribution < 1.29 is 14.4 Å². The van der Waals surface area contributed by atoms with Gasteiger partial charge in [-0.3, -0.25) is 19.5 Å². The highest BCUT2D eigenvalue weighted by Crippen LogP contribution is 2.31. The van der Waals surface area contributed by atoms with Crippen LogP contribution in [0.5, 0.6) is 0 Å².